The first-order valence-corrected chi connectivity index (χ1v) is 5.43. The molecule has 0 heterocycles. The molecule has 0 saturated carbocycles. The van der Waals surface area contributed by atoms with E-state index >= 15 is 0 Å². The molecule has 0 bridgehead atoms. The summed E-state index contributed by atoms with van der Waals surface area (Å²) >= 11 is 0. The highest BCUT2D eigenvalue weighted by atomic mass is 16.5. The molecule has 0 N–H and O–H groups in total. The second-order valence-corrected chi connectivity index (χ2v) is 5.50. The fraction of sp³-hybridized carbons (Fsp3) is 0.917. The van der Waals surface area contributed by atoms with Crippen molar-refractivity contribution < 1.29 is 9.53 Å². The predicted octanol–water partition coefficient (Wildman–Crippen LogP) is 3.40. The third-order valence-corrected chi connectivity index (χ3v) is 2.09. The molecule has 1 atom stereocenters. The quantitative estimate of drug-likeness (QED) is 0.650. The Morgan fingerprint density at radius 2 is 1.71 bits per heavy atom. The standard InChI is InChI=1S/C12H24O2/c1-9(2)11(13)14-10(3)7-8-12(4,5)6/h9-10H,7-8H2,1-6H3/t10-/m0/s1. The largest absolute Gasteiger partial charge is 0.462 e. The van der Waals surface area contributed by atoms with Crippen LogP contribution in [0.2, 0.25) is 0 Å². The van der Waals surface area contributed by atoms with Crippen LogP contribution in [0.15, 0.2) is 0 Å². The highest BCUT2D eigenvalue weighted by Crippen LogP contribution is 2.22. The van der Waals surface area contributed by atoms with Crippen molar-refractivity contribution >= 4 is 5.97 Å². The van der Waals surface area contributed by atoms with E-state index in [1.54, 1.807) is 0 Å². The molecule has 0 aromatic rings. The number of carbonyl (C=O) groups is 1. The van der Waals surface area contributed by atoms with E-state index in [0.29, 0.717) is 5.41 Å². The Morgan fingerprint density at radius 3 is 2.07 bits per heavy atom. The normalized spacial score (nSPS) is 14.2. The monoisotopic (exact) mass is 200 g/mol. The van der Waals surface area contributed by atoms with Crippen LogP contribution in [-0.2, 0) is 9.53 Å². The van der Waals surface area contributed by atoms with E-state index < -0.39 is 0 Å². The first-order valence-electron chi connectivity index (χ1n) is 5.43. The molecule has 0 amide bonds. The molecule has 2 nitrogen and oxygen atoms in total. The minimum Gasteiger partial charge on any atom is -0.462 e. The summed E-state index contributed by atoms with van der Waals surface area (Å²) in [6, 6.07) is 0. The van der Waals surface area contributed by atoms with Gasteiger partial charge in [0.05, 0.1) is 12.0 Å². The van der Waals surface area contributed by atoms with Gasteiger partial charge in [0.1, 0.15) is 0 Å². The Kier molecular flexibility index (Phi) is 5.17. The third-order valence-electron chi connectivity index (χ3n) is 2.09. The number of rotatable bonds is 4. The van der Waals surface area contributed by atoms with Gasteiger partial charge in [0, 0.05) is 0 Å². The SMILES string of the molecule is CC(C)C(=O)O[C@@H](C)CCC(C)(C)C. The molecular formula is C12H24O2. The van der Waals surface area contributed by atoms with Crippen LogP contribution in [0.4, 0.5) is 0 Å². The number of carbonyl (C=O) groups excluding carboxylic acids is 1. The van der Waals surface area contributed by atoms with Crippen molar-refractivity contribution in [3.8, 4) is 0 Å². The summed E-state index contributed by atoms with van der Waals surface area (Å²) in [5.41, 5.74) is 0.318. The molecule has 0 aromatic heterocycles. The molecule has 0 aliphatic carbocycles. The topological polar surface area (TPSA) is 26.3 Å². The summed E-state index contributed by atoms with van der Waals surface area (Å²) < 4.78 is 5.27. The number of ether oxygens (including phenoxy) is 1. The van der Waals surface area contributed by atoms with Crippen LogP contribution >= 0.6 is 0 Å². The summed E-state index contributed by atoms with van der Waals surface area (Å²) in [5.74, 6) is -0.113. The minimum absolute atomic E-state index is 0.0212. The molecule has 0 aliphatic heterocycles. The Hall–Kier alpha value is -0.530. The van der Waals surface area contributed by atoms with Gasteiger partial charge in [-0.2, -0.15) is 0 Å². The van der Waals surface area contributed by atoms with Gasteiger partial charge >= 0.3 is 5.97 Å². The van der Waals surface area contributed by atoms with Crippen LogP contribution in [0.1, 0.15) is 54.4 Å². The van der Waals surface area contributed by atoms with E-state index in [1.807, 2.05) is 20.8 Å². The first kappa shape index (κ1) is 13.5. The van der Waals surface area contributed by atoms with Gasteiger partial charge in [-0.05, 0) is 25.2 Å². The fourth-order valence-electron chi connectivity index (χ4n) is 1.03. The smallest absolute Gasteiger partial charge is 0.308 e. The van der Waals surface area contributed by atoms with Crippen LogP contribution in [0.25, 0.3) is 0 Å². The average molecular weight is 200 g/mol. The maximum Gasteiger partial charge on any atom is 0.308 e. The van der Waals surface area contributed by atoms with Gasteiger partial charge < -0.3 is 4.74 Å². The fourth-order valence-corrected chi connectivity index (χ4v) is 1.03. The highest BCUT2D eigenvalue weighted by Gasteiger charge is 2.16. The molecule has 0 aliphatic rings. The Morgan fingerprint density at radius 1 is 1.21 bits per heavy atom. The summed E-state index contributed by atoms with van der Waals surface area (Å²) in [6.45, 7) is 12.3. The second-order valence-electron chi connectivity index (χ2n) is 5.50. The third kappa shape index (κ3) is 6.93. The van der Waals surface area contributed by atoms with Crippen LogP contribution in [0.5, 0.6) is 0 Å². The van der Waals surface area contributed by atoms with Crippen molar-refractivity contribution in [1.29, 1.82) is 0 Å². The number of hydrogen-bond donors (Lipinski definition) is 0. The Labute approximate surface area is 88.0 Å². The summed E-state index contributed by atoms with van der Waals surface area (Å²) in [5, 5.41) is 0. The zero-order valence-corrected chi connectivity index (χ0v) is 10.4. The molecule has 0 rings (SSSR count). The van der Waals surface area contributed by atoms with Gasteiger partial charge in [-0.15, -0.1) is 0 Å². The number of esters is 1. The van der Waals surface area contributed by atoms with Gasteiger partial charge in [-0.25, -0.2) is 0 Å². The van der Waals surface area contributed by atoms with Crippen LogP contribution in [-0.4, -0.2) is 12.1 Å². The highest BCUT2D eigenvalue weighted by molar-refractivity contribution is 5.71. The molecule has 0 unspecified atom stereocenters. The van der Waals surface area contributed by atoms with Crippen LogP contribution in [0, 0.1) is 11.3 Å². The lowest BCUT2D eigenvalue weighted by Gasteiger charge is -2.21. The van der Waals surface area contributed by atoms with E-state index in [2.05, 4.69) is 20.8 Å². The van der Waals surface area contributed by atoms with E-state index in [0.717, 1.165) is 12.8 Å². The van der Waals surface area contributed by atoms with Crippen molar-refractivity contribution in [2.75, 3.05) is 0 Å². The van der Waals surface area contributed by atoms with Crippen molar-refractivity contribution in [1.82, 2.24) is 0 Å². The predicted molar refractivity (Wildman–Crippen MR) is 59.1 cm³/mol. The Bertz CT molecular complexity index is 177. The minimum atomic E-state index is -0.0913. The number of hydrogen-bond acceptors (Lipinski definition) is 2. The average Bonchev–Trinajstić information content (AvgIpc) is 1.99. The lowest BCUT2D eigenvalue weighted by atomic mass is 9.89. The Balaban J connectivity index is 3.77. The second kappa shape index (κ2) is 5.38. The van der Waals surface area contributed by atoms with Gasteiger partial charge in [-0.1, -0.05) is 34.6 Å². The summed E-state index contributed by atoms with van der Waals surface area (Å²) in [7, 11) is 0. The van der Waals surface area contributed by atoms with Gasteiger partial charge in [-0.3, -0.25) is 4.79 Å². The molecule has 84 valence electrons. The van der Waals surface area contributed by atoms with Gasteiger partial charge in [0.15, 0.2) is 0 Å². The molecule has 0 radical (unpaired) electrons. The van der Waals surface area contributed by atoms with Crippen LogP contribution < -0.4 is 0 Å². The van der Waals surface area contributed by atoms with Crippen molar-refractivity contribution in [2.24, 2.45) is 11.3 Å². The zero-order chi connectivity index (χ0) is 11.4. The van der Waals surface area contributed by atoms with E-state index in [1.165, 1.54) is 0 Å². The molecule has 2 heteroatoms. The van der Waals surface area contributed by atoms with Crippen molar-refractivity contribution in [3.63, 3.8) is 0 Å². The molecule has 0 spiro atoms. The maximum atomic E-state index is 11.3. The first-order chi connectivity index (χ1) is 6.22. The van der Waals surface area contributed by atoms with Gasteiger partial charge in [0.2, 0.25) is 0 Å². The zero-order valence-electron chi connectivity index (χ0n) is 10.4. The van der Waals surface area contributed by atoms with Crippen LogP contribution in [0.3, 0.4) is 0 Å². The van der Waals surface area contributed by atoms with E-state index in [4.69, 9.17) is 4.74 Å². The maximum absolute atomic E-state index is 11.3. The van der Waals surface area contributed by atoms with Crippen molar-refractivity contribution in [3.05, 3.63) is 0 Å². The lowest BCUT2D eigenvalue weighted by molar-refractivity contribution is -0.152. The molecule has 0 aromatic carbocycles. The van der Waals surface area contributed by atoms with E-state index in [9.17, 15) is 4.79 Å². The molecule has 0 fully saturated rings. The molecule has 0 saturated heterocycles. The summed E-state index contributed by atoms with van der Waals surface area (Å²) in [4.78, 5) is 11.3. The molecule has 14 heavy (non-hydrogen) atoms. The van der Waals surface area contributed by atoms with Crippen molar-refractivity contribution in [2.45, 2.75) is 60.5 Å². The molecular weight excluding hydrogens is 176 g/mol. The van der Waals surface area contributed by atoms with Gasteiger partial charge in [0.25, 0.3) is 0 Å². The summed E-state index contributed by atoms with van der Waals surface area (Å²) in [6.07, 6.45) is 2.07. The van der Waals surface area contributed by atoms with E-state index in [-0.39, 0.29) is 18.0 Å². The lowest BCUT2D eigenvalue weighted by Crippen LogP contribution is -2.20.